The summed E-state index contributed by atoms with van der Waals surface area (Å²) in [6, 6.07) is 17.4. The van der Waals surface area contributed by atoms with E-state index in [1.165, 1.54) is 44.0 Å². The number of halogens is 1. The van der Waals surface area contributed by atoms with Gasteiger partial charge in [-0.05, 0) is 143 Å². The second kappa shape index (κ2) is 21.4. The van der Waals surface area contributed by atoms with Gasteiger partial charge in [0.25, 0.3) is 0 Å². The Labute approximate surface area is 431 Å². The van der Waals surface area contributed by atoms with Gasteiger partial charge in [0.1, 0.15) is 18.8 Å². The van der Waals surface area contributed by atoms with Crippen molar-refractivity contribution in [2.24, 2.45) is 0 Å². The van der Waals surface area contributed by atoms with Crippen LogP contribution < -0.4 is 4.90 Å². The number of hydrogen-bond acceptors (Lipinski definition) is 7. The molecule has 5 aliphatic rings. The number of nitrogens with zero attached hydrogens (tertiary/aromatic N) is 4. The normalized spacial score (nSPS) is 24.0. The summed E-state index contributed by atoms with van der Waals surface area (Å²) < 4.78 is 14.3. The van der Waals surface area contributed by atoms with Gasteiger partial charge in [0.15, 0.2) is 5.71 Å². The summed E-state index contributed by atoms with van der Waals surface area (Å²) in [5.74, 6) is -0.346. The van der Waals surface area contributed by atoms with Crippen molar-refractivity contribution in [1.29, 1.82) is 0 Å². The molecular formula is C60H84ClN4O6+. The SMILES string of the molecule is CC1(C)C(/C=C/C2=C(Cl)C(=C/C=C3/N(CCCCCC(=O)OC4CC(C)(C)N([O])C(C)(C)C4)c4ccccc4C3(C)C)/CCC2)=[N+](CCCCCC(=O)OC2CC(C)(C)N([O])C(C)(C)C2)c2ccccc21. The highest BCUT2D eigenvalue weighted by atomic mass is 35.5. The van der Waals surface area contributed by atoms with E-state index in [1.807, 2.05) is 55.4 Å². The van der Waals surface area contributed by atoms with E-state index in [1.54, 1.807) is 0 Å². The van der Waals surface area contributed by atoms with Gasteiger partial charge in [-0.3, -0.25) is 9.59 Å². The number of anilines is 1. The Kier molecular flexibility index (Phi) is 16.5. The summed E-state index contributed by atoms with van der Waals surface area (Å²) in [4.78, 5) is 28.4. The number of para-hydroxylation sites is 2. The van der Waals surface area contributed by atoms with Crippen molar-refractivity contribution in [2.45, 2.75) is 225 Å². The fourth-order valence-electron chi connectivity index (χ4n) is 12.8. The number of fused-ring (bicyclic) bond motifs is 2. The van der Waals surface area contributed by atoms with Gasteiger partial charge in [0.2, 0.25) is 5.69 Å². The predicted molar refractivity (Wildman–Crippen MR) is 285 cm³/mol. The van der Waals surface area contributed by atoms with Crippen LogP contribution in [0.3, 0.4) is 0 Å². The number of rotatable bonds is 17. The molecule has 4 heterocycles. The zero-order chi connectivity index (χ0) is 51.7. The van der Waals surface area contributed by atoms with Gasteiger partial charge in [0.05, 0.1) is 5.41 Å². The smallest absolute Gasteiger partial charge is 0.306 e. The van der Waals surface area contributed by atoms with Crippen LogP contribution in [0.25, 0.3) is 0 Å². The van der Waals surface area contributed by atoms with Crippen molar-refractivity contribution in [3.63, 3.8) is 0 Å². The quantitative estimate of drug-likeness (QED) is 0.0883. The zero-order valence-electron chi connectivity index (χ0n) is 45.2. The molecule has 1 aliphatic carbocycles. The first kappa shape index (κ1) is 54.7. The minimum absolute atomic E-state index is 0.173. The number of unbranched alkanes of at least 4 members (excludes halogenated alkanes) is 4. The molecular weight excluding hydrogens is 908 g/mol. The maximum atomic E-state index is 13.0. The molecule has 2 aromatic rings. The summed E-state index contributed by atoms with van der Waals surface area (Å²) in [5, 5.41) is 28.8. The van der Waals surface area contributed by atoms with Crippen LogP contribution in [0.15, 0.2) is 94.7 Å². The van der Waals surface area contributed by atoms with Crippen LogP contribution in [0.2, 0.25) is 0 Å². The van der Waals surface area contributed by atoms with E-state index in [0.29, 0.717) is 38.5 Å². The lowest BCUT2D eigenvalue weighted by molar-refractivity contribution is -0.438. The van der Waals surface area contributed by atoms with Gasteiger partial charge in [-0.2, -0.15) is 4.58 Å². The van der Waals surface area contributed by atoms with Crippen LogP contribution in [-0.4, -0.2) is 79.8 Å². The second-order valence-corrected chi connectivity index (χ2v) is 25.1. The monoisotopic (exact) mass is 992 g/mol. The molecule has 2 saturated heterocycles. The standard InChI is InChI=1S/C60H84ClN4O6/c1-55(2)38-44(39-56(3,4)64(55)68)70-52(66)30-15-13-21-36-62-48-28-19-17-26-46(48)59(9,10)50(62)34-32-42-24-23-25-43(54(42)61)33-35-51-60(11,12)47-27-18-20-29-49(47)63(51)37-22-14-16-31-53(67)71-45-40-57(5,6)65(69)58(7,8)41-45/h17-20,26-29,32-35,44-45H,13-16,21-25,30-31,36-41H2,1-12H3/q+1. The predicted octanol–water partition coefficient (Wildman–Crippen LogP) is 13.8. The molecule has 4 aliphatic heterocycles. The van der Waals surface area contributed by atoms with Gasteiger partial charge in [-0.1, -0.05) is 80.4 Å². The van der Waals surface area contributed by atoms with Gasteiger partial charge < -0.3 is 14.4 Å². The highest BCUT2D eigenvalue weighted by Gasteiger charge is 2.49. The van der Waals surface area contributed by atoms with Crippen LogP contribution in [0, 0.1) is 0 Å². The minimum atomic E-state index is -0.574. The number of hydrogen-bond donors (Lipinski definition) is 0. The molecule has 0 bridgehead atoms. The summed E-state index contributed by atoms with van der Waals surface area (Å²) in [6.07, 6.45) is 19.6. The van der Waals surface area contributed by atoms with Crippen LogP contribution in [0.5, 0.6) is 0 Å². The van der Waals surface area contributed by atoms with Crippen molar-refractivity contribution in [3.8, 4) is 0 Å². The first-order valence-corrected chi connectivity index (χ1v) is 27.1. The van der Waals surface area contributed by atoms with Crippen molar-refractivity contribution in [1.82, 2.24) is 10.1 Å². The number of carbonyl (C=O) groups is 2. The van der Waals surface area contributed by atoms with E-state index in [0.717, 1.165) is 87.1 Å². The van der Waals surface area contributed by atoms with Gasteiger partial charge in [0, 0.05) is 113 Å². The Hall–Kier alpha value is -4.06. The zero-order valence-corrected chi connectivity index (χ0v) is 46.0. The molecule has 386 valence electrons. The van der Waals surface area contributed by atoms with E-state index >= 15 is 0 Å². The average molecular weight is 993 g/mol. The third-order valence-electron chi connectivity index (χ3n) is 16.2. The second-order valence-electron chi connectivity index (χ2n) is 24.7. The fourth-order valence-corrected chi connectivity index (χ4v) is 13.1. The number of ether oxygens (including phenoxy) is 2. The molecule has 0 saturated carbocycles. The summed E-state index contributed by atoms with van der Waals surface area (Å²) in [6.45, 7) is 26.3. The van der Waals surface area contributed by atoms with Crippen molar-refractivity contribution in [2.75, 3.05) is 18.0 Å². The molecule has 0 unspecified atom stereocenters. The van der Waals surface area contributed by atoms with E-state index in [9.17, 15) is 20.0 Å². The molecule has 2 fully saturated rings. The Balaban J connectivity index is 0.995. The lowest BCUT2D eigenvalue weighted by Gasteiger charge is -2.49. The third kappa shape index (κ3) is 12.0. The Morgan fingerprint density at radius 3 is 1.73 bits per heavy atom. The topological polar surface area (TPSA) is 105 Å². The number of carbonyl (C=O) groups excluding carboxylic acids is 2. The lowest BCUT2D eigenvalue weighted by Crippen LogP contribution is -2.60. The summed E-state index contributed by atoms with van der Waals surface area (Å²) >= 11 is 7.38. The molecule has 0 N–H and O–H groups in total. The molecule has 0 aromatic heterocycles. The molecule has 2 aromatic carbocycles. The van der Waals surface area contributed by atoms with Crippen molar-refractivity contribution < 1.29 is 34.1 Å². The molecule has 0 atom stereocenters. The maximum absolute atomic E-state index is 13.0. The molecule has 2 radical (unpaired) electrons. The Morgan fingerprint density at radius 1 is 0.634 bits per heavy atom. The molecule has 0 amide bonds. The van der Waals surface area contributed by atoms with Crippen LogP contribution in [0.4, 0.5) is 11.4 Å². The van der Waals surface area contributed by atoms with E-state index in [-0.39, 0.29) is 35.0 Å². The van der Waals surface area contributed by atoms with Gasteiger partial charge in [-0.15, -0.1) is 20.5 Å². The number of allylic oxidation sites excluding steroid dienone is 8. The molecule has 71 heavy (non-hydrogen) atoms. The molecule has 11 heteroatoms. The van der Waals surface area contributed by atoms with Crippen LogP contribution >= 0.6 is 11.6 Å². The first-order chi connectivity index (χ1) is 33.3. The molecule has 10 nitrogen and oxygen atoms in total. The number of piperidine rings is 2. The molecule has 0 spiro atoms. The van der Waals surface area contributed by atoms with Crippen LogP contribution in [0.1, 0.15) is 191 Å². The number of esters is 2. The summed E-state index contributed by atoms with van der Waals surface area (Å²) in [5.41, 5.74) is 7.18. The molecule has 7 rings (SSSR count). The van der Waals surface area contributed by atoms with Gasteiger partial charge in [-0.25, -0.2) is 0 Å². The Morgan fingerprint density at radius 2 is 1.15 bits per heavy atom. The summed E-state index contributed by atoms with van der Waals surface area (Å²) in [7, 11) is 0. The van der Waals surface area contributed by atoms with Gasteiger partial charge >= 0.3 is 11.9 Å². The Bertz CT molecular complexity index is 2420. The van der Waals surface area contributed by atoms with Crippen molar-refractivity contribution in [3.05, 3.63) is 106 Å². The highest BCUT2D eigenvalue weighted by molar-refractivity contribution is 6.32. The maximum Gasteiger partial charge on any atom is 0.306 e. The van der Waals surface area contributed by atoms with Crippen LogP contribution in [-0.2, 0) is 40.3 Å². The highest BCUT2D eigenvalue weighted by Crippen LogP contribution is 2.49. The van der Waals surface area contributed by atoms with Crippen molar-refractivity contribution >= 4 is 40.6 Å². The van der Waals surface area contributed by atoms with E-state index in [4.69, 9.17) is 21.1 Å². The number of benzene rings is 2. The minimum Gasteiger partial charge on any atom is -0.462 e. The largest absolute Gasteiger partial charge is 0.462 e. The lowest BCUT2D eigenvalue weighted by atomic mass is 9.80. The third-order valence-corrected chi connectivity index (χ3v) is 16.7. The fraction of sp³-hybridized carbons (Fsp3) is 0.617. The average Bonchev–Trinajstić information content (AvgIpc) is 3.63. The first-order valence-electron chi connectivity index (χ1n) is 26.7. The van der Waals surface area contributed by atoms with E-state index < -0.39 is 22.2 Å². The number of hydroxylamine groups is 4. The van der Waals surface area contributed by atoms with E-state index in [2.05, 4.69) is 110 Å².